The van der Waals surface area contributed by atoms with Crippen LogP contribution in [0.5, 0.6) is 0 Å². The number of carboxylic acid groups (broad SMARTS) is 1. The molecule has 1 aromatic rings. The quantitative estimate of drug-likeness (QED) is 0.831. The summed E-state index contributed by atoms with van der Waals surface area (Å²) >= 11 is 11.1. The molecule has 1 rings (SSSR count). The van der Waals surface area contributed by atoms with E-state index in [1.165, 1.54) is 0 Å². The molecule has 0 bridgehead atoms. The van der Waals surface area contributed by atoms with Gasteiger partial charge in [-0.05, 0) is 0 Å². The molecule has 0 fully saturated rings. The van der Waals surface area contributed by atoms with Gasteiger partial charge in [0.15, 0.2) is 21.8 Å². The van der Waals surface area contributed by atoms with Gasteiger partial charge in [0.05, 0.1) is 0 Å². The molecule has 8 heteroatoms. The lowest BCUT2D eigenvalue weighted by molar-refractivity contribution is -0.134. The summed E-state index contributed by atoms with van der Waals surface area (Å²) in [4.78, 5) is 17.6. The predicted molar refractivity (Wildman–Crippen MR) is 52.9 cm³/mol. The molecule has 78 valence electrons. The van der Waals surface area contributed by atoms with Gasteiger partial charge in [-0.3, -0.25) is 4.79 Å². The van der Waals surface area contributed by atoms with Crippen LogP contribution in [0, 0.1) is 11.3 Å². The Morgan fingerprint density at radius 1 is 1.47 bits per heavy atom. The van der Waals surface area contributed by atoms with Gasteiger partial charge in [-0.1, -0.05) is 23.2 Å². The van der Waals surface area contributed by atoms with Gasteiger partial charge in [0, 0.05) is 0 Å². The summed E-state index contributed by atoms with van der Waals surface area (Å²) in [5.74, 6) is -1.10. The van der Waals surface area contributed by atoms with Crippen molar-refractivity contribution in [2.24, 2.45) is 0 Å². The molecule has 0 saturated carbocycles. The number of hydrogen-bond acceptors (Lipinski definition) is 5. The van der Waals surface area contributed by atoms with Crippen molar-refractivity contribution in [3.63, 3.8) is 0 Å². The molecule has 0 aliphatic heterocycles. The van der Waals surface area contributed by atoms with Crippen molar-refractivity contribution in [1.82, 2.24) is 9.97 Å². The number of carboxylic acids is 1. The molecule has 0 aliphatic rings. The largest absolute Gasteiger partial charge is 0.480 e. The molecule has 0 unspecified atom stereocenters. The molecule has 0 aliphatic carbocycles. The Balaban J connectivity index is 3.01. The summed E-state index contributed by atoms with van der Waals surface area (Å²) in [7, 11) is 0. The third-order valence-corrected chi connectivity index (χ3v) is 1.95. The van der Waals surface area contributed by atoms with Crippen molar-refractivity contribution in [3.05, 3.63) is 16.0 Å². The van der Waals surface area contributed by atoms with Gasteiger partial charge in [-0.15, -0.1) is 0 Å². The fourth-order valence-electron chi connectivity index (χ4n) is 0.755. The lowest BCUT2D eigenvalue weighted by atomic mass is 10.4. The van der Waals surface area contributed by atoms with Crippen LogP contribution in [0.2, 0.25) is 10.3 Å². The number of carbonyl (C=O) groups is 1. The van der Waals surface area contributed by atoms with E-state index in [1.54, 1.807) is 6.07 Å². The first-order chi connectivity index (χ1) is 7.04. The highest BCUT2D eigenvalue weighted by molar-refractivity contribution is 6.40. The van der Waals surface area contributed by atoms with Crippen LogP contribution in [0.25, 0.3) is 0 Å². The standard InChI is InChI=1S/C7H4Cl2N4O2/c8-5-6(9)13-7(3(1-10)12-5)11-2-4(14)15/h2H2,(H,11,13)(H,14,15). The first kappa shape index (κ1) is 11.5. The molecule has 0 spiro atoms. The van der Waals surface area contributed by atoms with Crippen molar-refractivity contribution in [2.75, 3.05) is 11.9 Å². The molecule has 2 N–H and O–H groups in total. The summed E-state index contributed by atoms with van der Waals surface area (Å²) < 4.78 is 0. The van der Waals surface area contributed by atoms with Crippen LogP contribution in [0.4, 0.5) is 5.82 Å². The van der Waals surface area contributed by atoms with E-state index in [0.717, 1.165) is 0 Å². The van der Waals surface area contributed by atoms with Crippen LogP contribution in [0.3, 0.4) is 0 Å². The van der Waals surface area contributed by atoms with Crippen LogP contribution in [-0.4, -0.2) is 27.6 Å². The Bertz CT molecular complexity index is 443. The minimum Gasteiger partial charge on any atom is -0.480 e. The molecule has 6 nitrogen and oxygen atoms in total. The van der Waals surface area contributed by atoms with Crippen LogP contribution in [-0.2, 0) is 4.79 Å². The Morgan fingerprint density at radius 3 is 2.60 bits per heavy atom. The SMILES string of the molecule is N#Cc1nc(Cl)c(Cl)nc1NCC(=O)O. The fourth-order valence-corrected chi connectivity index (χ4v) is 1.01. The fraction of sp³-hybridized carbons (Fsp3) is 0.143. The third kappa shape index (κ3) is 2.94. The van der Waals surface area contributed by atoms with Gasteiger partial charge in [0.1, 0.15) is 12.6 Å². The van der Waals surface area contributed by atoms with E-state index in [9.17, 15) is 4.79 Å². The van der Waals surface area contributed by atoms with Crippen LogP contribution in [0.1, 0.15) is 5.69 Å². The van der Waals surface area contributed by atoms with E-state index in [1.807, 2.05) is 0 Å². The highest BCUT2D eigenvalue weighted by atomic mass is 35.5. The van der Waals surface area contributed by atoms with Crippen molar-refractivity contribution in [2.45, 2.75) is 0 Å². The molecule has 0 saturated heterocycles. The third-order valence-electron chi connectivity index (χ3n) is 1.33. The van der Waals surface area contributed by atoms with Crippen molar-refractivity contribution < 1.29 is 9.90 Å². The maximum atomic E-state index is 10.3. The number of hydrogen-bond donors (Lipinski definition) is 2. The molecular formula is C7H4Cl2N4O2. The van der Waals surface area contributed by atoms with Gasteiger partial charge in [0.25, 0.3) is 0 Å². The normalized spacial score (nSPS) is 9.40. The van der Waals surface area contributed by atoms with Crippen molar-refractivity contribution in [3.8, 4) is 6.07 Å². The van der Waals surface area contributed by atoms with E-state index in [2.05, 4.69) is 15.3 Å². The zero-order chi connectivity index (χ0) is 11.4. The molecule has 0 amide bonds. The number of nitriles is 1. The number of aliphatic carboxylic acids is 1. The minimum absolute atomic E-state index is 0.00528. The first-order valence-corrected chi connectivity index (χ1v) is 4.39. The minimum atomic E-state index is -1.09. The van der Waals surface area contributed by atoms with Gasteiger partial charge < -0.3 is 10.4 Å². The van der Waals surface area contributed by atoms with Gasteiger partial charge >= 0.3 is 5.97 Å². The highest BCUT2D eigenvalue weighted by Crippen LogP contribution is 2.21. The molecule has 1 aromatic heterocycles. The van der Waals surface area contributed by atoms with E-state index in [4.69, 9.17) is 33.6 Å². The molecule has 15 heavy (non-hydrogen) atoms. The maximum absolute atomic E-state index is 10.3. The molecule has 1 heterocycles. The summed E-state index contributed by atoms with van der Waals surface area (Å²) in [6.45, 7) is -0.388. The lowest BCUT2D eigenvalue weighted by Crippen LogP contribution is -2.14. The molecular weight excluding hydrogens is 243 g/mol. The molecule has 0 radical (unpaired) electrons. The average molecular weight is 247 g/mol. The van der Waals surface area contributed by atoms with Crippen molar-refractivity contribution >= 4 is 35.0 Å². The van der Waals surface area contributed by atoms with E-state index in [-0.39, 0.29) is 28.4 Å². The summed E-state index contributed by atoms with van der Waals surface area (Å²) in [5, 5.41) is 19.3. The topological polar surface area (TPSA) is 98.9 Å². The average Bonchev–Trinajstić information content (AvgIpc) is 2.19. The zero-order valence-corrected chi connectivity index (χ0v) is 8.67. The van der Waals surface area contributed by atoms with E-state index >= 15 is 0 Å². The van der Waals surface area contributed by atoms with E-state index < -0.39 is 5.97 Å². The van der Waals surface area contributed by atoms with Crippen LogP contribution >= 0.6 is 23.2 Å². The van der Waals surface area contributed by atoms with Gasteiger partial charge in [0.2, 0.25) is 0 Å². The van der Waals surface area contributed by atoms with Gasteiger partial charge in [-0.2, -0.15) is 5.26 Å². The number of halogens is 2. The number of aromatic nitrogens is 2. The number of rotatable bonds is 3. The lowest BCUT2D eigenvalue weighted by Gasteiger charge is -2.04. The highest BCUT2D eigenvalue weighted by Gasteiger charge is 2.11. The molecule has 0 atom stereocenters. The first-order valence-electron chi connectivity index (χ1n) is 3.63. The van der Waals surface area contributed by atoms with Crippen LogP contribution < -0.4 is 5.32 Å². The smallest absolute Gasteiger partial charge is 0.322 e. The summed E-state index contributed by atoms with van der Waals surface area (Å²) in [6.07, 6.45) is 0. The zero-order valence-electron chi connectivity index (χ0n) is 7.16. The number of nitrogens with zero attached hydrogens (tertiary/aromatic N) is 3. The second-order valence-electron chi connectivity index (χ2n) is 2.36. The maximum Gasteiger partial charge on any atom is 0.322 e. The summed E-state index contributed by atoms with van der Waals surface area (Å²) in [6, 6.07) is 1.72. The van der Waals surface area contributed by atoms with Crippen molar-refractivity contribution in [1.29, 1.82) is 5.26 Å². The van der Waals surface area contributed by atoms with Gasteiger partial charge in [-0.25, -0.2) is 9.97 Å². The predicted octanol–water partition coefficient (Wildman–Crippen LogP) is 1.15. The second kappa shape index (κ2) is 4.77. The molecule has 0 aromatic carbocycles. The van der Waals surface area contributed by atoms with Crippen LogP contribution in [0.15, 0.2) is 0 Å². The monoisotopic (exact) mass is 246 g/mol. The summed E-state index contributed by atoms with van der Waals surface area (Å²) in [5.41, 5.74) is -0.106. The Kier molecular flexibility index (Phi) is 3.66. The Morgan fingerprint density at radius 2 is 2.07 bits per heavy atom. The Labute approximate surface area is 94.5 Å². The number of anilines is 1. The Hall–Kier alpha value is -1.58. The van der Waals surface area contributed by atoms with E-state index in [0.29, 0.717) is 0 Å². The number of nitrogens with one attached hydrogen (secondary N) is 1. The second-order valence-corrected chi connectivity index (χ2v) is 3.08.